The van der Waals surface area contributed by atoms with Crippen molar-refractivity contribution >= 4 is 6.34 Å². The van der Waals surface area contributed by atoms with Gasteiger partial charge in [0.25, 0.3) is 0 Å². The summed E-state index contributed by atoms with van der Waals surface area (Å²) in [7, 11) is 0. The van der Waals surface area contributed by atoms with Gasteiger partial charge >= 0.3 is 0 Å². The van der Waals surface area contributed by atoms with Crippen molar-refractivity contribution in [2.45, 2.75) is 12.8 Å². The van der Waals surface area contributed by atoms with Gasteiger partial charge in [-0.05, 0) is 25.7 Å². The van der Waals surface area contributed by atoms with E-state index in [-0.39, 0.29) is 0 Å². The van der Waals surface area contributed by atoms with Crippen molar-refractivity contribution in [1.82, 2.24) is 4.90 Å². The summed E-state index contributed by atoms with van der Waals surface area (Å²) < 4.78 is 0. The molecule has 9 heavy (non-hydrogen) atoms. The molecule has 1 aliphatic rings. The monoisotopic (exact) mass is 125 g/mol. The van der Waals surface area contributed by atoms with Crippen LogP contribution in [0.4, 0.5) is 0 Å². The highest BCUT2D eigenvalue weighted by Crippen LogP contribution is 2.12. The topological polar surface area (TPSA) is 27.1 Å². The molecule has 1 heterocycles. The molecule has 0 aromatic heterocycles. The molecule has 1 radical (unpaired) electrons. The van der Waals surface area contributed by atoms with Gasteiger partial charge in [-0.25, -0.2) is 0 Å². The van der Waals surface area contributed by atoms with Gasteiger partial charge in [-0.1, -0.05) is 0 Å². The Kier molecular flexibility index (Phi) is 2.09. The van der Waals surface area contributed by atoms with Crippen LogP contribution in [0.25, 0.3) is 0 Å². The van der Waals surface area contributed by atoms with Crippen LogP contribution in [0.15, 0.2) is 0 Å². The minimum absolute atomic E-state index is 0.542. The second-order valence-electron chi connectivity index (χ2n) is 2.63. The van der Waals surface area contributed by atoms with Crippen LogP contribution in [0.5, 0.6) is 0 Å². The second kappa shape index (κ2) is 2.85. The van der Waals surface area contributed by atoms with E-state index in [0.29, 0.717) is 5.92 Å². The average molecular weight is 125 g/mol. The molecule has 0 amide bonds. The third-order valence-corrected chi connectivity index (χ3v) is 1.73. The second-order valence-corrected chi connectivity index (χ2v) is 2.63. The highest BCUT2D eigenvalue weighted by atomic mass is 15.1. The van der Waals surface area contributed by atoms with Crippen molar-refractivity contribution in [3.05, 3.63) is 6.92 Å². The summed E-state index contributed by atoms with van der Waals surface area (Å²) in [5, 5.41) is 6.96. The molecule has 2 heteroatoms. The Morgan fingerprint density at radius 1 is 1.67 bits per heavy atom. The highest BCUT2D eigenvalue weighted by molar-refractivity contribution is 5.50. The van der Waals surface area contributed by atoms with Crippen LogP contribution in [0.3, 0.4) is 0 Å². The fourth-order valence-corrected chi connectivity index (χ4v) is 1.21. The summed E-state index contributed by atoms with van der Waals surface area (Å²) in [6.07, 6.45) is 3.84. The van der Waals surface area contributed by atoms with E-state index in [4.69, 9.17) is 5.41 Å². The van der Waals surface area contributed by atoms with Gasteiger partial charge in [0.1, 0.15) is 0 Å². The lowest BCUT2D eigenvalue weighted by molar-refractivity contribution is 0.297. The van der Waals surface area contributed by atoms with Crippen molar-refractivity contribution < 1.29 is 0 Å². The Hall–Kier alpha value is -0.530. The van der Waals surface area contributed by atoms with Gasteiger partial charge in [0.05, 0.1) is 6.34 Å². The molecule has 1 rings (SSSR count). The fourth-order valence-electron chi connectivity index (χ4n) is 1.21. The maximum absolute atomic E-state index is 6.96. The van der Waals surface area contributed by atoms with Gasteiger partial charge < -0.3 is 4.90 Å². The van der Waals surface area contributed by atoms with Crippen LogP contribution < -0.4 is 0 Å². The molecule has 51 valence electrons. The lowest BCUT2D eigenvalue weighted by atomic mass is 10.0. The Morgan fingerprint density at radius 3 is 2.89 bits per heavy atom. The molecule has 0 bridgehead atoms. The zero-order valence-corrected chi connectivity index (χ0v) is 5.64. The van der Waals surface area contributed by atoms with Crippen molar-refractivity contribution in [1.29, 1.82) is 5.41 Å². The lowest BCUT2D eigenvalue weighted by Gasteiger charge is -2.28. The number of nitrogens with one attached hydrogen (secondary N) is 1. The summed E-state index contributed by atoms with van der Waals surface area (Å²) in [5.74, 6) is 0.542. The summed E-state index contributed by atoms with van der Waals surface area (Å²) in [6.45, 7) is 5.98. The normalized spacial score (nSPS) is 28.1. The van der Waals surface area contributed by atoms with Gasteiger partial charge in [0, 0.05) is 13.1 Å². The predicted molar refractivity (Wildman–Crippen MR) is 38.4 cm³/mol. The van der Waals surface area contributed by atoms with Gasteiger partial charge in [0.2, 0.25) is 0 Å². The molecule has 0 saturated carbocycles. The molecule has 1 saturated heterocycles. The molecule has 0 aromatic carbocycles. The van der Waals surface area contributed by atoms with E-state index in [0.717, 1.165) is 13.1 Å². The zero-order chi connectivity index (χ0) is 6.69. The smallest absolute Gasteiger partial charge is 0.0817 e. The lowest BCUT2D eigenvalue weighted by Crippen LogP contribution is -2.32. The van der Waals surface area contributed by atoms with Gasteiger partial charge in [0.15, 0.2) is 0 Å². The largest absolute Gasteiger partial charge is 0.363 e. The Bertz CT molecular complexity index is 101. The Morgan fingerprint density at radius 2 is 2.44 bits per heavy atom. The predicted octanol–water partition coefficient (Wildman–Crippen LogP) is 1.14. The van der Waals surface area contributed by atoms with Crippen LogP contribution in [0.1, 0.15) is 12.8 Å². The third kappa shape index (κ3) is 1.70. The molecule has 0 unspecified atom stereocenters. The van der Waals surface area contributed by atoms with Crippen molar-refractivity contribution in [3.8, 4) is 0 Å². The first-order valence-electron chi connectivity index (χ1n) is 3.40. The highest BCUT2D eigenvalue weighted by Gasteiger charge is 2.12. The first kappa shape index (κ1) is 6.59. The van der Waals surface area contributed by atoms with E-state index in [9.17, 15) is 0 Å². The molecular weight excluding hydrogens is 112 g/mol. The van der Waals surface area contributed by atoms with Gasteiger partial charge in [-0.3, -0.25) is 5.41 Å². The molecule has 1 N–H and O–H groups in total. The first-order valence-corrected chi connectivity index (χ1v) is 3.40. The molecule has 2 nitrogen and oxygen atoms in total. The summed E-state index contributed by atoms with van der Waals surface area (Å²) in [5.41, 5.74) is 0. The summed E-state index contributed by atoms with van der Waals surface area (Å²) >= 11 is 0. The van der Waals surface area contributed by atoms with E-state index >= 15 is 0 Å². The quantitative estimate of drug-likeness (QED) is 0.413. The minimum Gasteiger partial charge on any atom is -0.363 e. The number of rotatable bonds is 1. The molecule has 1 fully saturated rings. The number of hydrogen-bond acceptors (Lipinski definition) is 1. The fraction of sp³-hybridized carbons (Fsp3) is 0.714. The minimum atomic E-state index is 0.542. The average Bonchev–Trinajstić information content (AvgIpc) is 1.88. The Labute approximate surface area is 56.4 Å². The summed E-state index contributed by atoms with van der Waals surface area (Å²) in [4.78, 5) is 2.02. The molecule has 0 aromatic rings. The number of nitrogens with zero attached hydrogens (tertiary/aromatic N) is 1. The van der Waals surface area contributed by atoms with Crippen LogP contribution in [0.2, 0.25) is 0 Å². The van der Waals surface area contributed by atoms with Gasteiger partial charge in [-0.15, -0.1) is 0 Å². The van der Waals surface area contributed by atoms with Crippen LogP contribution >= 0.6 is 0 Å². The van der Waals surface area contributed by atoms with Crippen molar-refractivity contribution in [2.75, 3.05) is 13.1 Å². The number of piperidine rings is 1. The van der Waals surface area contributed by atoms with Crippen LogP contribution in [-0.2, 0) is 0 Å². The Balaban J connectivity index is 2.31. The maximum atomic E-state index is 6.96. The standard InChI is InChI=1S/C7H13N2/c1-7-3-2-4-9(5-7)6-8/h6-8H,1-5H2/t7-/m1/s1. The van der Waals surface area contributed by atoms with E-state index in [1.807, 2.05) is 4.90 Å². The van der Waals surface area contributed by atoms with Gasteiger partial charge in [-0.2, -0.15) is 0 Å². The molecule has 1 atom stereocenters. The SMILES string of the molecule is [CH2][C@@H]1CCCN(C=N)C1. The van der Waals surface area contributed by atoms with E-state index in [1.54, 1.807) is 0 Å². The molecule has 1 aliphatic heterocycles. The zero-order valence-electron chi connectivity index (χ0n) is 5.64. The maximum Gasteiger partial charge on any atom is 0.0817 e. The van der Waals surface area contributed by atoms with E-state index in [2.05, 4.69) is 6.92 Å². The van der Waals surface area contributed by atoms with Crippen molar-refractivity contribution in [2.24, 2.45) is 5.92 Å². The number of hydrogen-bond donors (Lipinski definition) is 1. The van der Waals surface area contributed by atoms with Crippen molar-refractivity contribution in [3.63, 3.8) is 0 Å². The summed E-state index contributed by atoms with van der Waals surface area (Å²) in [6, 6.07) is 0. The first-order chi connectivity index (χ1) is 4.33. The van der Waals surface area contributed by atoms with E-state index in [1.165, 1.54) is 19.2 Å². The van der Waals surface area contributed by atoms with Crippen LogP contribution in [-0.4, -0.2) is 24.3 Å². The third-order valence-electron chi connectivity index (χ3n) is 1.73. The van der Waals surface area contributed by atoms with E-state index < -0.39 is 0 Å². The number of likely N-dealkylation sites (tertiary alicyclic amines) is 1. The van der Waals surface area contributed by atoms with Crippen LogP contribution in [0, 0.1) is 18.3 Å². The molecular formula is C7H13N2. The molecule has 0 spiro atoms. The molecule has 0 aliphatic carbocycles.